The first kappa shape index (κ1) is 16.8. The van der Waals surface area contributed by atoms with Crippen molar-refractivity contribution in [3.8, 4) is 0 Å². The van der Waals surface area contributed by atoms with Crippen molar-refractivity contribution in [3.63, 3.8) is 0 Å². The van der Waals surface area contributed by atoms with Gasteiger partial charge in [0.1, 0.15) is 5.60 Å². The number of aryl methyl sites for hydroxylation is 2. The molecule has 0 bridgehead atoms. The number of benzene rings is 1. The van der Waals surface area contributed by atoms with Gasteiger partial charge in [-0.3, -0.25) is 0 Å². The Morgan fingerprint density at radius 1 is 1.23 bits per heavy atom. The molecule has 2 atom stereocenters. The van der Waals surface area contributed by atoms with E-state index < -0.39 is 5.60 Å². The molecule has 1 heterocycles. The van der Waals surface area contributed by atoms with E-state index in [2.05, 4.69) is 42.7 Å². The molecular formula is C18H28N2O2. The molecule has 2 N–H and O–H groups in total. The molecule has 1 aliphatic heterocycles. The lowest BCUT2D eigenvalue weighted by Gasteiger charge is -2.32. The van der Waals surface area contributed by atoms with Crippen LogP contribution in [0.15, 0.2) is 18.2 Å². The normalized spacial score (nSPS) is 22.2. The number of nitrogens with one attached hydrogen (secondary N) is 2. The van der Waals surface area contributed by atoms with Gasteiger partial charge in [-0.05, 0) is 59.6 Å². The first-order chi connectivity index (χ1) is 10.2. The summed E-state index contributed by atoms with van der Waals surface area (Å²) in [7, 11) is 0. The van der Waals surface area contributed by atoms with Gasteiger partial charge in [0.05, 0.1) is 0 Å². The second-order valence-corrected chi connectivity index (χ2v) is 7.30. The highest BCUT2D eigenvalue weighted by Gasteiger charge is 2.26. The summed E-state index contributed by atoms with van der Waals surface area (Å²) in [5.41, 5.74) is 3.40. The third-order valence-electron chi connectivity index (χ3n) is 3.77. The van der Waals surface area contributed by atoms with Gasteiger partial charge in [-0.2, -0.15) is 0 Å². The van der Waals surface area contributed by atoms with E-state index >= 15 is 0 Å². The van der Waals surface area contributed by atoms with Gasteiger partial charge in [-0.15, -0.1) is 0 Å². The third-order valence-corrected chi connectivity index (χ3v) is 3.77. The molecule has 2 rings (SSSR count). The van der Waals surface area contributed by atoms with Crippen LogP contribution in [0, 0.1) is 13.8 Å². The predicted octanol–water partition coefficient (Wildman–Crippen LogP) is 3.62. The van der Waals surface area contributed by atoms with Gasteiger partial charge in [0.15, 0.2) is 0 Å². The molecule has 1 aliphatic rings. The van der Waals surface area contributed by atoms with E-state index in [0.29, 0.717) is 0 Å². The fourth-order valence-corrected chi connectivity index (χ4v) is 2.99. The summed E-state index contributed by atoms with van der Waals surface area (Å²) in [6.07, 6.45) is 1.50. The van der Waals surface area contributed by atoms with E-state index in [1.807, 2.05) is 20.8 Å². The molecule has 122 valence electrons. The summed E-state index contributed by atoms with van der Waals surface area (Å²) in [5.74, 6) is 0. The van der Waals surface area contributed by atoms with Gasteiger partial charge in [0, 0.05) is 12.1 Å². The zero-order chi connectivity index (χ0) is 16.3. The second-order valence-electron chi connectivity index (χ2n) is 7.30. The molecule has 1 aromatic rings. The Bertz CT molecular complexity index is 514. The topological polar surface area (TPSA) is 50.4 Å². The van der Waals surface area contributed by atoms with Crippen molar-refractivity contribution in [3.05, 3.63) is 34.9 Å². The summed E-state index contributed by atoms with van der Waals surface area (Å²) in [4.78, 5) is 11.9. The van der Waals surface area contributed by atoms with Gasteiger partial charge in [0.25, 0.3) is 0 Å². The van der Waals surface area contributed by atoms with Crippen molar-refractivity contribution >= 4 is 6.09 Å². The van der Waals surface area contributed by atoms with Gasteiger partial charge in [-0.1, -0.05) is 29.3 Å². The van der Waals surface area contributed by atoms with Crippen molar-refractivity contribution < 1.29 is 9.53 Å². The summed E-state index contributed by atoms with van der Waals surface area (Å²) < 4.78 is 5.35. The van der Waals surface area contributed by atoms with Crippen LogP contribution in [0.1, 0.15) is 56.3 Å². The molecule has 0 spiro atoms. The average molecular weight is 304 g/mol. The quantitative estimate of drug-likeness (QED) is 0.877. The molecule has 22 heavy (non-hydrogen) atoms. The van der Waals surface area contributed by atoms with E-state index in [9.17, 15) is 4.79 Å². The number of hydrogen-bond donors (Lipinski definition) is 2. The number of rotatable bonds is 2. The first-order valence-corrected chi connectivity index (χ1v) is 8.04. The standard InChI is InChI=1S/C18H28N2O2/c1-12-8-13(2)10-14(9-12)16-11-15(6-7-19-16)20-17(21)22-18(3,4)5/h8-10,15-16,19H,6-7,11H2,1-5H3,(H,20,21). The first-order valence-electron chi connectivity index (χ1n) is 8.04. The number of alkyl carbamates (subject to hydrolysis) is 1. The summed E-state index contributed by atoms with van der Waals surface area (Å²) in [6.45, 7) is 10.8. The fourth-order valence-electron chi connectivity index (χ4n) is 2.99. The minimum absolute atomic E-state index is 0.155. The van der Waals surface area contributed by atoms with E-state index in [1.165, 1.54) is 16.7 Å². The van der Waals surface area contributed by atoms with Crippen molar-refractivity contribution in [2.45, 2.75) is 65.1 Å². The third kappa shape index (κ3) is 5.02. The Morgan fingerprint density at radius 2 is 1.86 bits per heavy atom. The van der Waals surface area contributed by atoms with Crippen LogP contribution in [0.25, 0.3) is 0 Å². The molecule has 0 radical (unpaired) electrons. The minimum Gasteiger partial charge on any atom is -0.444 e. The molecule has 1 amide bonds. The highest BCUT2D eigenvalue weighted by Crippen LogP contribution is 2.25. The van der Waals surface area contributed by atoms with E-state index in [1.54, 1.807) is 0 Å². The summed E-state index contributed by atoms with van der Waals surface area (Å²) in [6, 6.07) is 7.07. The maximum atomic E-state index is 11.9. The maximum absolute atomic E-state index is 11.9. The number of amides is 1. The van der Waals surface area contributed by atoms with Crippen LogP contribution in [0.2, 0.25) is 0 Å². The molecule has 1 saturated heterocycles. The summed E-state index contributed by atoms with van der Waals surface area (Å²) in [5, 5.41) is 6.55. The Balaban J connectivity index is 1.98. The van der Waals surface area contributed by atoms with E-state index in [0.717, 1.165) is 19.4 Å². The van der Waals surface area contributed by atoms with Crippen LogP contribution in [0.3, 0.4) is 0 Å². The molecule has 0 aromatic heterocycles. The van der Waals surface area contributed by atoms with Gasteiger partial charge in [-0.25, -0.2) is 4.79 Å². The van der Waals surface area contributed by atoms with Gasteiger partial charge >= 0.3 is 6.09 Å². The lowest BCUT2D eigenvalue weighted by molar-refractivity contribution is 0.0490. The summed E-state index contributed by atoms with van der Waals surface area (Å²) >= 11 is 0. The number of hydrogen-bond acceptors (Lipinski definition) is 3. The van der Waals surface area contributed by atoms with Crippen LogP contribution in [0.5, 0.6) is 0 Å². The van der Waals surface area contributed by atoms with Crippen LogP contribution in [-0.2, 0) is 4.74 Å². The fraction of sp³-hybridized carbons (Fsp3) is 0.611. The van der Waals surface area contributed by atoms with Crippen LogP contribution in [-0.4, -0.2) is 24.3 Å². The Hall–Kier alpha value is -1.55. The molecule has 1 aromatic carbocycles. The lowest BCUT2D eigenvalue weighted by Crippen LogP contribution is -2.45. The highest BCUT2D eigenvalue weighted by atomic mass is 16.6. The van der Waals surface area contributed by atoms with Crippen molar-refractivity contribution in [1.82, 2.24) is 10.6 Å². The molecular weight excluding hydrogens is 276 g/mol. The number of carbonyl (C=O) groups excluding carboxylic acids is 1. The maximum Gasteiger partial charge on any atom is 0.407 e. The smallest absolute Gasteiger partial charge is 0.407 e. The van der Waals surface area contributed by atoms with E-state index in [-0.39, 0.29) is 18.2 Å². The van der Waals surface area contributed by atoms with Gasteiger partial charge in [0.2, 0.25) is 0 Å². The van der Waals surface area contributed by atoms with Crippen LogP contribution < -0.4 is 10.6 Å². The number of ether oxygens (including phenoxy) is 1. The van der Waals surface area contributed by atoms with E-state index in [4.69, 9.17) is 4.74 Å². The minimum atomic E-state index is -0.454. The van der Waals surface area contributed by atoms with Crippen molar-refractivity contribution in [1.29, 1.82) is 0 Å². The average Bonchev–Trinajstić information content (AvgIpc) is 2.35. The van der Waals surface area contributed by atoms with Crippen LogP contribution >= 0.6 is 0 Å². The molecule has 0 aliphatic carbocycles. The molecule has 0 saturated carbocycles. The zero-order valence-electron chi connectivity index (χ0n) is 14.3. The second kappa shape index (κ2) is 6.69. The highest BCUT2D eigenvalue weighted by molar-refractivity contribution is 5.68. The SMILES string of the molecule is Cc1cc(C)cc(C2CC(NC(=O)OC(C)(C)C)CCN2)c1. The molecule has 4 heteroatoms. The monoisotopic (exact) mass is 304 g/mol. The van der Waals surface area contributed by atoms with Crippen molar-refractivity contribution in [2.24, 2.45) is 0 Å². The Labute approximate surface area is 133 Å². The molecule has 2 unspecified atom stereocenters. The Kier molecular flexibility index (Phi) is 5.12. The largest absolute Gasteiger partial charge is 0.444 e. The lowest BCUT2D eigenvalue weighted by atomic mass is 9.92. The number of piperidine rings is 1. The zero-order valence-corrected chi connectivity index (χ0v) is 14.3. The molecule has 4 nitrogen and oxygen atoms in total. The van der Waals surface area contributed by atoms with Crippen LogP contribution in [0.4, 0.5) is 4.79 Å². The predicted molar refractivity (Wildman–Crippen MR) is 89.1 cm³/mol. The van der Waals surface area contributed by atoms with Crippen molar-refractivity contribution in [2.75, 3.05) is 6.54 Å². The number of carbonyl (C=O) groups is 1. The Morgan fingerprint density at radius 3 is 2.45 bits per heavy atom. The van der Waals surface area contributed by atoms with Gasteiger partial charge < -0.3 is 15.4 Å². The molecule has 1 fully saturated rings.